The van der Waals surface area contributed by atoms with Gasteiger partial charge in [-0.25, -0.2) is 8.42 Å². The predicted octanol–water partition coefficient (Wildman–Crippen LogP) is 3.90. The number of benzene rings is 2. The molecule has 1 aliphatic rings. The Morgan fingerprint density at radius 1 is 1.18 bits per heavy atom. The van der Waals surface area contributed by atoms with Gasteiger partial charge in [0.1, 0.15) is 5.75 Å². The molecule has 0 aliphatic carbocycles. The Bertz CT molecular complexity index is 978. The van der Waals surface area contributed by atoms with E-state index in [0.717, 1.165) is 11.1 Å². The van der Waals surface area contributed by atoms with Crippen LogP contribution in [0.1, 0.15) is 17.5 Å². The van der Waals surface area contributed by atoms with Gasteiger partial charge in [0.2, 0.25) is 0 Å². The lowest BCUT2D eigenvalue weighted by atomic mass is 10.1. The van der Waals surface area contributed by atoms with Crippen molar-refractivity contribution in [3.8, 4) is 5.75 Å². The molecule has 1 amide bonds. The van der Waals surface area contributed by atoms with Crippen LogP contribution in [0.25, 0.3) is 0 Å². The monoisotopic (exact) mass is 441 g/mol. The Hall–Kier alpha value is -1.76. The average molecular weight is 442 g/mol. The lowest BCUT2D eigenvalue weighted by Crippen LogP contribution is -2.43. The van der Waals surface area contributed by atoms with E-state index < -0.39 is 9.84 Å². The Labute approximate surface area is 175 Å². The zero-order valence-electron chi connectivity index (χ0n) is 15.4. The van der Waals surface area contributed by atoms with Crippen molar-refractivity contribution in [1.29, 1.82) is 0 Å². The number of carbonyl (C=O) groups excluding carboxylic acids is 1. The fraction of sp³-hybridized carbons (Fsp3) is 0.350. The summed E-state index contributed by atoms with van der Waals surface area (Å²) in [6, 6.07) is 12.0. The van der Waals surface area contributed by atoms with Gasteiger partial charge < -0.3 is 9.64 Å². The molecule has 2 aromatic rings. The van der Waals surface area contributed by atoms with E-state index >= 15 is 0 Å². The number of ether oxygens (including phenoxy) is 1. The molecule has 3 rings (SSSR count). The summed E-state index contributed by atoms with van der Waals surface area (Å²) >= 11 is 12.3. The second-order valence-corrected chi connectivity index (χ2v) is 9.91. The van der Waals surface area contributed by atoms with E-state index in [1.807, 2.05) is 25.1 Å². The highest BCUT2D eigenvalue weighted by atomic mass is 35.5. The van der Waals surface area contributed by atoms with Crippen molar-refractivity contribution in [3.63, 3.8) is 0 Å². The number of halogens is 2. The first-order valence-corrected chi connectivity index (χ1v) is 11.4. The smallest absolute Gasteiger partial charge is 0.261 e. The zero-order valence-corrected chi connectivity index (χ0v) is 17.7. The fourth-order valence-corrected chi connectivity index (χ4v) is 5.23. The minimum Gasteiger partial charge on any atom is -0.484 e. The van der Waals surface area contributed by atoms with Gasteiger partial charge in [-0.1, -0.05) is 41.4 Å². The third kappa shape index (κ3) is 5.19. The molecule has 0 saturated carbocycles. The van der Waals surface area contributed by atoms with E-state index in [9.17, 15) is 13.2 Å². The number of carbonyl (C=O) groups is 1. The second kappa shape index (κ2) is 8.72. The molecule has 1 saturated heterocycles. The van der Waals surface area contributed by atoms with Gasteiger partial charge in [0.15, 0.2) is 16.4 Å². The Morgan fingerprint density at radius 2 is 1.93 bits per heavy atom. The zero-order chi connectivity index (χ0) is 20.3. The van der Waals surface area contributed by atoms with E-state index in [2.05, 4.69) is 0 Å². The van der Waals surface area contributed by atoms with Crippen LogP contribution in [0.4, 0.5) is 0 Å². The molecule has 5 nitrogen and oxygen atoms in total. The highest BCUT2D eigenvalue weighted by molar-refractivity contribution is 7.91. The van der Waals surface area contributed by atoms with Crippen molar-refractivity contribution < 1.29 is 17.9 Å². The molecular weight excluding hydrogens is 421 g/mol. The molecule has 28 heavy (non-hydrogen) atoms. The maximum atomic E-state index is 12.9. The molecule has 0 bridgehead atoms. The summed E-state index contributed by atoms with van der Waals surface area (Å²) in [4.78, 5) is 14.5. The molecular formula is C20H21Cl2NO4S. The topological polar surface area (TPSA) is 63.7 Å². The van der Waals surface area contributed by atoms with Crippen molar-refractivity contribution in [2.75, 3.05) is 18.1 Å². The highest BCUT2D eigenvalue weighted by Gasteiger charge is 2.35. The third-order valence-electron chi connectivity index (χ3n) is 4.76. The Kier molecular flexibility index (Phi) is 6.53. The van der Waals surface area contributed by atoms with Crippen LogP contribution in [-0.2, 0) is 21.2 Å². The van der Waals surface area contributed by atoms with Crippen molar-refractivity contribution in [1.82, 2.24) is 4.90 Å². The first-order valence-electron chi connectivity index (χ1n) is 8.87. The number of amides is 1. The molecule has 150 valence electrons. The molecule has 2 aromatic carbocycles. The summed E-state index contributed by atoms with van der Waals surface area (Å²) < 4.78 is 29.5. The quantitative estimate of drug-likeness (QED) is 0.681. The van der Waals surface area contributed by atoms with Crippen LogP contribution in [0.2, 0.25) is 10.0 Å². The van der Waals surface area contributed by atoms with E-state index in [4.69, 9.17) is 27.9 Å². The van der Waals surface area contributed by atoms with Gasteiger partial charge in [0.25, 0.3) is 5.91 Å². The van der Waals surface area contributed by atoms with Gasteiger partial charge in [-0.05, 0) is 48.7 Å². The fourth-order valence-electron chi connectivity index (χ4n) is 3.19. The van der Waals surface area contributed by atoms with Crippen molar-refractivity contribution in [2.24, 2.45) is 0 Å². The largest absolute Gasteiger partial charge is 0.484 e. The lowest BCUT2D eigenvalue weighted by Gasteiger charge is -2.28. The summed E-state index contributed by atoms with van der Waals surface area (Å²) in [5, 5.41) is 1.16. The first kappa shape index (κ1) is 21.0. The van der Waals surface area contributed by atoms with Crippen LogP contribution in [-0.4, -0.2) is 43.4 Å². The van der Waals surface area contributed by atoms with Gasteiger partial charge in [0, 0.05) is 22.6 Å². The van der Waals surface area contributed by atoms with Gasteiger partial charge in [-0.2, -0.15) is 0 Å². The SMILES string of the molecule is Cc1cc(OCC(=O)N(Cc2ccccc2Cl)[C@H]2CCS(=O)(=O)C2)ccc1Cl. The standard InChI is InChI=1S/C20H21Cl2NO4S/c1-14-10-17(6-7-18(14)21)27-12-20(24)23(16-8-9-28(25,26)13-16)11-15-4-2-3-5-19(15)22/h2-7,10,16H,8-9,11-13H2,1H3/t16-/m0/s1. The van der Waals surface area contributed by atoms with Crippen LogP contribution in [0.3, 0.4) is 0 Å². The molecule has 1 heterocycles. The van der Waals surface area contributed by atoms with E-state index in [-0.39, 0.29) is 36.6 Å². The van der Waals surface area contributed by atoms with Crippen molar-refractivity contribution in [3.05, 3.63) is 63.6 Å². The normalized spacial score (nSPS) is 18.0. The molecule has 1 aliphatic heterocycles. The summed E-state index contributed by atoms with van der Waals surface area (Å²) in [6.07, 6.45) is 0.415. The van der Waals surface area contributed by atoms with Crippen LogP contribution < -0.4 is 4.74 Å². The van der Waals surface area contributed by atoms with Crippen LogP contribution in [0, 0.1) is 6.92 Å². The van der Waals surface area contributed by atoms with E-state index in [1.165, 1.54) is 0 Å². The Morgan fingerprint density at radius 3 is 2.57 bits per heavy atom. The first-order chi connectivity index (χ1) is 13.2. The lowest BCUT2D eigenvalue weighted by molar-refractivity contribution is -0.136. The third-order valence-corrected chi connectivity index (χ3v) is 7.30. The number of hydrogen-bond donors (Lipinski definition) is 0. The molecule has 1 atom stereocenters. The van der Waals surface area contributed by atoms with Gasteiger partial charge >= 0.3 is 0 Å². The van der Waals surface area contributed by atoms with Crippen molar-refractivity contribution >= 4 is 38.9 Å². The maximum absolute atomic E-state index is 12.9. The second-order valence-electron chi connectivity index (χ2n) is 6.87. The van der Waals surface area contributed by atoms with Crippen LogP contribution >= 0.6 is 23.2 Å². The van der Waals surface area contributed by atoms with Crippen molar-refractivity contribution in [2.45, 2.75) is 25.9 Å². The van der Waals surface area contributed by atoms with Crippen LogP contribution in [0.15, 0.2) is 42.5 Å². The summed E-state index contributed by atoms with van der Waals surface area (Å²) in [6.45, 7) is 1.90. The maximum Gasteiger partial charge on any atom is 0.261 e. The molecule has 0 unspecified atom stereocenters. The molecule has 0 spiro atoms. The molecule has 0 N–H and O–H groups in total. The Balaban J connectivity index is 1.76. The number of nitrogens with zero attached hydrogens (tertiary/aromatic N) is 1. The number of sulfone groups is 1. The van der Waals surface area contributed by atoms with E-state index in [1.54, 1.807) is 29.2 Å². The van der Waals surface area contributed by atoms with Gasteiger partial charge in [-0.15, -0.1) is 0 Å². The highest BCUT2D eigenvalue weighted by Crippen LogP contribution is 2.25. The number of hydrogen-bond acceptors (Lipinski definition) is 4. The molecule has 1 fully saturated rings. The summed E-state index contributed by atoms with van der Waals surface area (Å²) in [7, 11) is -3.14. The van der Waals surface area contributed by atoms with Gasteiger partial charge in [0.05, 0.1) is 11.5 Å². The number of aryl methyl sites for hydroxylation is 1. The molecule has 0 aromatic heterocycles. The minimum atomic E-state index is -3.14. The summed E-state index contributed by atoms with van der Waals surface area (Å²) in [5.74, 6) is 0.298. The van der Waals surface area contributed by atoms with E-state index in [0.29, 0.717) is 22.2 Å². The molecule has 0 radical (unpaired) electrons. The molecule has 8 heteroatoms. The minimum absolute atomic E-state index is 0.0384. The van der Waals surface area contributed by atoms with Crippen LogP contribution in [0.5, 0.6) is 5.75 Å². The predicted molar refractivity (Wildman–Crippen MR) is 111 cm³/mol. The number of rotatable bonds is 6. The summed E-state index contributed by atoms with van der Waals surface area (Å²) in [5.41, 5.74) is 1.62. The average Bonchev–Trinajstić information content (AvgIpc) is 3.01. The van der Waals surface area contributed by atoms with Gasteiger partial charge in [-0.3, -0.25) is 4.79 Å².